The number of hydrogen-bond acceptors (Lipinski definition) is 21. The molecule has 2 amide bonds. The van der Waals surface area contributed by atoms with Crippen molar-refractivity contribution in [1.29, 1.82) is 0 Å². The Labute approximate surface area is 537 Å². The van der Waals surface area contributed by atoms with Gasteiger partial charge < -0.3 is 54.9 Å². The summed E-state index contributed by atoms with van der Waals surface area (Å²) in [5.41, 5.74) is 16.6. The average Bonchev–Trinajstić information content (AvgIpc) is 1.60. The predicted molar refractivity (Wildman–Crippen MR) is 342 cm³/mol. The molecule has 0 spiro atoms. The number of unbranched alkanes of at least 4 members (excludes halogenated alkanes) is 2. The first kappa shape index (κ1) is 73.9. The number of carbonyl (C=O) groups is 2. The molecule has 92 heavy (non-hydrogen) atoms. The third-order valence-corrected chi connectivity index (χ3v) is 23.6. The number of hydrogen-bond donors (Lipinski definition) is 10. The Morgan fingerprint density at radius 1 is 1.01 bits per heavy atom. The number of nitrogens with zero attached hydrogens (tertiary/aromatic N) is 7. The van der Waals surface area contributed by atoms with Crippen LogP contribution in [0.2, 0.25) is 0 Å². The highest BCUT2D eigenvalue weighted by Crippen LogP contribution is 2.66. The summed E-state index contributed by atoms with van der Waals surface area (Å²) in [6, 6.07) is -0.187. The normalized spacial score (nSPS) is 23.8. The summed E-state index contributed by atoms with van der Waals surface area (Å²) >= 11 is 0. The van der Waals surface area contributed by atoms with Crippen molar-refractivity contribution in [2.75, 3.05) is 56.8 Å². The van der Waals surface area contributed by atoms with Crippen molar-refractivity contribution in [3.63, 3.8) is 0 Å². The van der Waals surface area contributed by atoms with Crippen LogP contribution in [-0.2, 0) is 66.1 Å². The Morgan fingerprint density at radius 2 is 1.74 bits per heavy atom. The van der Waals surface area contributed by atoms with E-state index in [1.165, 1.54) is 38.4 Å². The molecule has 2 saturated heterocycles. The highest BCUT2D eigenvalue weighted by molar-refractivity contribution is 8.76. The zero-order valence-electron chi connectivity index (χ0n) is 50.4. The predicted octanol–water partition coefficient (Wildman–Crippen LogP) is 6.15. The molecule has 2 aliphatic carbocycles. The van der Waals surface area contributed by atoms with Crippen LogP contribution in [0.3, 0.4) is 0 Å². The summed E-state index contributed by atoms with van der Waals surface area (Å²) in [6.07, 6.45) is 18.6. The molecule has 0 saturated carbocycles. The number of amides is 2. The van der Waals surface area contributed by atoms with E-state index in [2.05, 4.69) is 60.6 Å². The van der Waals surface area contributed by atoms with Gasteiger partial charge in [0.2, 0.25) is 17.8 Å². The summed E-state index contributed by atoms with van der Waals surface area (Å²) in [5, 5.41) is 7.87. The number of azide groups is 1. The van der Waals surface area contributed by atoms with Gasteiger partial charge in [-0.05, 0) is 69.4 Å². The number of rotatable bonds is 31. The topological polar surface area (TPSA) is 477 Å². The van der Waals surface area contributed by atoms with Crippen molar-refractivity contribution in [2.24, 2.45) is 21.9 Å². The summed E-state index contributed by atoms with van der Waals surface area (Å²) in [6.45, 7) is 10.2. The van der Waals surface area contributed by atoms with Crippen molar-refractivity contribution in [2.45, 2.75) is 109 Å². The first-order chi connectivity index (χ1) is 43.1. The van der Waals surface area contributed by atoms with Gasteiger partial charge in [0, 0.05) is 84.3 Å². The number of anilines is 1. The molecule has 5 heterocycles. The smallest absolute Gasteiger partial charge is 0.369 e. The lowest BCUT2D eigenvalue weighted by atomic mass is 9.73. The van der Waals surface area contributed by atoms with Crippen molar-refractivity contribution >= 4 is 99.8 Å². The number of nitrogens with two attached hydrogens (primary N) is 1. The van der Waals surface area contributed by atoms with Gasteiger partial charge in [-0.25, -0.2) is 18.3 Å². The number of nitrogen functional groups attached to an aromatic ring is 1. The minimum Gasteiger partial charge on any atom is -0.369 e. The van der Waals surface area contributed by atoms with Crippen LogP contribution in [0.1, 0.15) is 91.4 Å². The van der Waals surface area contributed by atoms with Gasteiger partial charge in [-0.1, -0.05) is 88.8 Å². The number of allylic oxidation sites excluding steroid dienone is 9. The van der Waals surface area contributed by atoms with Crippen LogP contribution >= 0.6 is 45.1 Å². The van der Waals surface area contributed by atoms with Crippen LogP contribution in [-0.4, -0.2) is 162 Å². The average molecular weight is 1420 g/mol. The van der Waals surface area contributed by atoms with Gasteiger partial charge in [-0.15, -0.1) is 0 Å². The maximum atomic E-state index is 13.2. The fraction of sp³-hybridized carbons (Fsp3) is 0.528. The number of aromatic amines is 1. The molecular weight excluding hydrogens is 1350 g/mol. The van der Waals surface area contributed by atoms with E-state index >= 15 is 0 Å². The van der Waals surface area contributed by atoms with Crippen molar-refractivity contribution < 1.29 is 96.0 Å². The van der Waals surface area contributed by atoms with Gasteiger partial charge in [0.25, 0.3) is 25.8 Å². The number of ether oxygens (including phenoxy) is 2. The molecule has 39 heteroatoms. The second kappa shape index (κ2) is 30.9. The first-order valence-electron chi connectivity index (χ1n) is 28.5. The number of phosphoric acid groups is 3. The lowest BCUT2D eigenvalue weighted by Gasteiger charge is -2.25. The zero-order valence-corrected chi connectivity index (χ0v) is 56.4. The molecule has 2 fully saturated rings. The number of nitrogens with one attached hydrogen (secondary N) is 3. The van der Waals surface area contributed by atoms with Crippen LogP contribution in [0.4, 0.5) is 5.95 Å². The molecule has 11 N–H and O–H groups in total. The lowest BCUT2D eigenvalue weighted by Crippen LogP contribution is -2.32. The second-order valence-electron chi connectivity index (χ2n) is 22.4. The number of fused-ring (bicyclic) bond motifs is 3. The quantitative estimate of drug-likeness (QED) is 0.00386. The Morgan fingerprint density at radius 3 is 2.43 bits per heavy atom. The number of aromatic nitrogens is 3. The third-order valence-electron chi connectivity index (χ3n) is 15.4. The molecule has 0 radical (unpaired) electrons. The molecule has 5 unspecified atom stereocenters. The van der Waals surface area contributed by atoms with Gasteiger partial charge in [-0.3, -0.25) is 33.0 Å². The van der Waals surface area contributed by atoms with E-state index in [0.29, 0.717) is 44.0 Å². The van der Waals surface area contributed by atoms with Crippen LogP contribution in [0.5, 0.6) is 0 Å². The van der Waals surface area contributed by atoms with Gasteiger partial charge in [0.05, 0.1) is 46.4 Å². The lowest BCUT2D eigenvalue weighted by molar-refractivity contribution is -0.550. The van der Waals surface area contributed by atoms with Crippen molar-refractivity contribution in [1.82, 2.24) is 30.1 Å². The molecule has 5 aliphatic rings. The monoisotopic (exact) mass is 1420 g/mol. The fourth-order valence-corrected chi connectivity index (χ4v) is 17.4. The summed E-state index contributed by atoms with van der Waals surface area (Å²) in [4.78, 5) is 87.0. The van der Waals surface area contributed by atoms with Crippen molar-refractivity contribution in [3.05, 3.63) is 115 Å². The summed E-state index contributed by atoms with van der Waals surface area (Å²) < 4.78 is 131. The molecule has 0 aromatic carbocycles. The van der Waals surface area contributed by atoms with E-state index < -0.39 is 97.1 Å². The molecule has 2 aromatic rings. The SMILES string of the molecule is CCN1C2=CCC(S(=O)(=O)O)C=C2C(C)(C)/C1=C/C=C/C=C/C1=[N+](CCCCCC(=O)NCCSSCCC(=O)NCC#Cc2cn([C@H]3C[C@H](OCN=[N+]=[N-])[C@@H](COP(=O)(O)OP(=O)(O)OP(=O)(O)O)O3)c3nc(N)[nH]c(=O)c23)C2C=CC(S(=O)(=O)O)=CC2C1(C)C. The van der Waals surface area contributed by atoms with Crippen molar-refractivity contribution in [3.8, 4) is 11.8 Å². The van der Waals surface area contributed by atoms with E-state index in [4.69, 9.17) is 35.0 Å². The molecule has 504 valence electrons. The maximum Gasteiger partial charge on any atom is 0.490 e. The van der Waals surface area contributed by atoms with E-state index in [-0.39, 0.29) is 77.0 Å². The Bertz CT molecular complexity index is 3990. The minimum absolute atomic E-state index is 0.0265. The molecule has 3 aliphatic heterocycles. The van der Waals surface area contributed by atoms with Crippen LogP contribution in [0.15, 0.2) is 98.7 Å². The number of carbonyl (C=O) groups excluding carboxylic acids is 2. The molecule has 8 atom stereocenters. The minimum atomic E-state index is -5.84. The second-order valence-corrected chi connectivity index (χ2v) is 32.6. The molecule has 32 nitrogen and oxygen atoms in total. The van der Waals surface area contributed by atoms with Gasteiger partial charge >= 0.3 is 23.5 Å². The highest BCUT2D eigenvalue weighted by atomic mass is 33.1. The van der Waals surface area contributed by atoms with E-state index in [1.807, 2.05) is 77.2 Å². The zero-order chi connectivity index (χ0) is 67.6. The molecule has 7 rings (SSSR count). The van der Waals surface area contributed by atoms with Gasteiger partial charge in [0.1, 0.15) is 30.9 Å². The largest absolute Gasteiger partial charge is 0.490 e. The standard InChI is InChI=1S/C53H72N11O21P3S4/c1-6-62-39-20-18-35(91(75,76)77)28-37(39)52(2,3)43(62)15-9-7-10-16-44-53(4,5)38-29-36(92(78,79)80)19-21-40(38)63(44)25-12-8-11-17-45(65)57-24-27-90-89-26-22-46(66)56-23-13-14-34-31-64(49-48(34)50(67)60-51(54)59-49)47-30-41(81-33-58-61-55)42(83-47)32-82-87(71,72)85-88(73,74)84-86(68,69)70/h7,9-10,15-16,19-21,28-29,31,35,38,40-42,47H,6,8,11-12,17-18,22-27,30,32-33H2,1-5H3,(H10-,54,56,57,59,60,65,66,67,68,69,70,71,72,73,74,75,76,77,78,79,80)/p+1/t35?,38?,40?,41-,42+,47+/m0/s1. The number of likely N-dealkylation sites (tertiary alicyclic amines) is 1. The van der Waals surface area contributed by atoms with Crippen LogP contribution in [0.25, 0.3) is 21.5 Å². The molecular formula is C53H73N11O21P3S4+. The van der Waals surface area contributed by atoms with Crippen LogP contribution < -0.4 is 21.9 Å². The first-order valence-corrected chi connectivity index (χ1v) is 38.5. The summed E-state index contributed by atoms with van der Waals surface area (Å²) in [5.74, 6) is 5.65. The third kappa shape index (κ3) is 19.4. The highest BCUT2D eigenvalue weighted by Gasteiger charge is 2.54. The molecule has 0 bridgehead atoms. The number of likely N-dealkylation sites (N-methyl/N-ethyl adjacent to an activating group) is 1. The Hall–Kier alpha value is -5.47. The Balaban J connectivity index is 0.847. The van der Waals surface area contributed by atoms with E-state index in [9.17, 15) is 63.8 Å². The Kier molecular flexibility index (Phi) is 24.9. The van der Waals surface area contributed by atoms with Gasteiger partial charge in [0.15, 0.2) is 17.4 Å². The van der Waals surface area contributed by atoms with E-state index in [1.54, 1.807) is 12.2 Å². The number of phosphoric ester groups is 1. The maximum absolute atomic E-state index is 13.2. The number of H-pyrrole nitrogens is 1. The summed E-state index contributed by atoms with van der Waals surface area (Å²) in [7, 11) is -22.9. The molecule has 2 aromatic heterocycles. The van der Waals surface area contributed by atoms with Gasteiger partial charge in [-0.2, -0.15) is 30.4 Å². The fourth-order valence-electron chi connectivity index (χ4n) is 11.3. The van der Waals surface area contributed by atoms with E-state index in [0.717, 1.165) is 35.5 Å². The van der Waals surface area contributed by atoms with Crippen LogP contribution in [0, 0.1) is 28.6 Å².